The molecule has 1 unspecified atom stereocenters. The molecule has 3 rings (SSSR count). The van der Waals surface area contributed by atoms with Gasteiger partial charge >= 0.3 is 0 Å². The molecule has 0 spiro atoms. The van der Waals surface area contributed by atoms with E-state index < -0.39 is 0 Å². The van der Waals surface area contributed by atoms with Crippen molar-refractivity contribution in [1.82, 2.24) is 9.55 Å². The van der Waals surface area contributed by atoms with E-state index in [1.54, 1.807) is 17.8 Å². The molecule has 6 heteroatoms. The van der Waals surface area contributed by atoms with Gasteiger partial charge in [0.05, 0.1) is 18.4 Å². The maximum absolute atomic E-state index is 6.18. The number of hydrogen-bond acceptors (Lipinski definition) is 3. The summed E-state index contributed by atoms with van der Waals surface area (Å²) in [5, 5.41) is 2.39. The van der Waals surface area contributed by atoms with E-state index in [4.69, 9.17) is 32.9 Å². The van der Waals surface area contributed by atoms with Gasteiger partial charge in [-0.25, -0.2) is 4.98 Å². The van der Waals surface area contributed by atoms with Crippen LogP contribution >= 0.6 is 35.0 Å². The van der Waals surface area contributed by atoms with Crippen LogP contribution in [0.15, 0.2) is 58.5 Å². The number of imidazole rings is 1. The number of rotatable bonds is 8. The van der Waals surface area contributed by atoms with Gasteiger partial charge in [-0.05, 0) is 36.6 Å². The largest absolute Gasteiger partial charge is 0.373 e. The van der Waals surface area contributed by atoms with E-state index in [-0.39, 0.29) is 6.10 Å². The van der Waals surface area contributed by atoms with Crippen LogP contribution < -0.4 is 0 Å². The molecule has 0 aliphatic heterocycles. The standard InChI is InChI=1S/C23H26Cl2N2OS/c1-15(2)22-23(29-20-12-18(24)11-19(25)13-20)27(4)21(26-22)10-16(3)28-14-17-8-6-5-7-9-17/h5-9,11-13,15-16H,10,14H2,1-4H3. The molecule has 2 aromatic carbocycles. The molecule has 3 nitrogen and oxygen atoms in total. The molecule has 0 saturated heterocycles. The molecule has 1 aromatic heterocycles. The third kappa shape index (κ3) is 6.02. The van der Waals surface area contributed by atoms with E-state index in [1.165, 1.54) is 5.56 Å². The zero-order valence-corrected chi connectivity index (χ0v) is 19.5. The number of nitrogens with zero attached hydrogens (tertiary/aromatic N) is 2. The first kappa shape index (κ1) is 22.2. The molecule has 154 valence electrons. The Morgan fingerprint density at radius 2 is 1.69 bits per heavy atom. The average molecular weight is 449 g/mol. The minimum Gasteiger partial charge on any atom is -0.373 e. The molecule has 0 aliphatic carbocycles. The van der Waals surface area contributed by atoms with Crippen molar-refractivity contribution in [2.45, 2.75) is 55.7 Å². The molecule has 0 amide bonds. The molecular weight excluding hydrogens is 423 g/mol. The zero-order valence-electron chi connectivity index (χ0n) is 17.2. The minimum atomic E-state index is 0.0646. The van der Waals surface area contributed by atoms with Crippen molar-refractivity contribution in [1.29, 1.82) is 0 Å². The summed E-state index contributed by atoms with van der Waals surface area (Å²) in [6, 6.07) is 15.8. The Balaban J connectivity index is 1.76. The van der Waals surface area contributed by atoms with Crippen LogP contribution in [0.25, 0.3) is 0 Å². The Bertz CT molecular complexity index is 937. The number of hydrogen-bond donors (Lipinski definition) is 0. The molecule has 0 fully saturated rings. The van der Waals surface area contributed by atoms with Gasteiger partial charge in [-0.3, -0.25) is 0 Å². The summed E-state index contributed by atoms with van der Waals surface area (Å²) in [6.45, 7) is 7.02. The van der Waals surface area contributed by atoms with Crippen LogP contribution in [-0.4, -0.2) is 15.7 Å². The SMILES string of the molecule is CC(Cc1nc(C(C)C)c(Sc2cc(Cl)cc(Cl)c2)n1C)OCc1ccccc1. The highest BCUT2D eigenvalue weighted by molar-refractivity contribution is 7.99. The average Bonchev–Trinajstić information content (AvgIpc) is 2.96. The predicted molar refractivity (Wildman–Crippen MR) is 122 cm³/mol. The van der Waals surface area contributed by atoms with Crippen molar-refractivity contribution in [3.8, 4) is 0 Å². The van der Waals surface area contributed by atoms with Crippen LogP contribution in [0.4, 0.5) is 0 Å². The molecule has 1 heterocycles. The molecule has 29 heavy (non-hydrogen) atoms. The van der Waals surface area contributed by atoms with Gasteiger partial charge in [0.15, 0.2) is 0 Å². The summed E-state index contributed by atoms with van der Waals surface area (Å²) < 4.78 is 8.22. The Morgan fingerprint density at radius 3 is 2.31 bits per heavy atom. The van der Waals surface area contributed by atoms with E-state index in [0.29, 0.717) is 22.6 Å². The predicted octanol–water partition coefficient (Wildman–Crippen LogP) is 7.15. The molecule has 0 bridgehead atoms. The van der Waals surface area contributed by atoms with Gasteiger partial charge in [0.2, 0.25) is 0 Å². The monoisotopic (exact) mass is 448 g/mol. The van der Waals surface area contributed by atoms with E-state index in [2.05, 4.69) is 44.5 Å². The molecule has 0 N–H and O–H groups in total. The Hall–Kier alpha value is -1.46. The van der Waals surface area contributed by atoms with Gasteiger partial charge in [0, 0.05) is 28.4 Å². The van der Waals surface area contributed by atoms with Gasteiger partial charge in [-0.15, -0.1) is 0 Å². The molecule has 0 radical (unpaired) electrons. The van der Waals surface area contributed by atoms with Crippen LogP contribution in [0.2, 0.25) is 10.0 Å². The fourth-order valence-electron chi connectivity index (χ4n) is 3.06. The lowest BCUT2D eigenvalue weighted by Crippen LogP contribution is -2.14. The fourth-order valence-corrected chi connectivity index (χ4v) is 4.94. The van der Waals surface area contributed by atoms with E-state index >= 15 is 0 Å². The van der Waals surface area contributed by atoms with Gasteiger partial charge in [-0.1, -0.05) is 79.1 Å². The lowest BCUT2D eigenvalue weighted by Gasteiger charge is -2.13. The summed E-state index contributed by atoms with van der Waals surface area (Å²) in [5.41, 5.74) is 2.26. The fraction of sp³-hybridized carbons (Fsp3) is 0.348. The molecule has 0 aliphatic rings. The van der Waals surface area contributed by atoms with E-state index in [1.807, 2.05) is 30.3 Å². The number of benzene rings is 2. The van der Waals surface area contributed by atoms with E-state index in [9.17, 15) is 0 Å². The van der Waals surface area contributed by atoms with Crippen molar-refractivity contribution in [2.75, 3.05) is 0 Å². The van der Waals surface area contributed by atoms with Gasteiger partial charge in [0.1, 0.15) is 10.9 Å². The molecule has 3 aromatic rings. The molecular formula is C23H26Cl2N2OS. The zero-order chi connectivity index (χ0) is 21.0. The summed E-state index contributed by atoms with van der Waals surface area (Å²) >= 11 is 14.0. The minimum absolute atomic E-state index is 0.0646. The maximum Gasteiger partial charge on any atom is 0.112 e. The Labute approximate surface area is 187 Å². The highest BCUT2D eigenvalue weighted by Gasteiger charge is 2.20. The van der Waals surface area contributed by atoms with Gasteiger partial charge in [0.25, 0.3) is 0 Å². The van der Waals surface area contributed by atoms with Crippen molar-refractivity contribution < 1.29 is 4.74 Å². The first-order valence-electron chi connectivity index (χ1n) is 9.68. The van der Waals surface area contributed by atoms with Gasteiger partial charge in [-0.2, -0.15) is 0 Å². The lowest BCUT2D eigenvalue weighted by molar-refractivity contribution is 0.0517. The number of halogens is 2. The summed E-state index contributed by atoms with van der Waals surface area (Å²) in [4.78, 5) is 5.95. The third-order valence-electron chi connectivity index (χ3n) is 4.61. The molecule has 0 saturated carbocycles. The van der Waals surface area contributed by atoms with Crippen LogP contribution in [0.5, 0.6) is 0 Å². The second-order valence-corrected chi connectivity index (χ2v) is 9.39. The third-order valence-corrected chi connectivity index (χ3v) is 6.19. The van der Waals surface area contributed by atoms with Crippen LogP contribution in [-0.2, 0) is 24.8 Å². The highest BCUT2D eigenvalue weighted by atomic mass is 35.5. The van der Waals surface area contributed by atoms with Crippen LogP contribution in [0.1, 0.15) is 43.8 Å². The first-order valence-corrected chi connectivity index (χ1v) is 11.3. The van der Waals surface area contributed by atoms with Crippen molar-refractivity contribution in [3.05, 3.63) is 75.7 Å². The Morgan fingerprint density at radius 1 is 1.03 bits per heavy atom. The number of ether oxygens (including phenoxy) is 1. The second kappa shape index (κ2) is 10.0. The van der Waals surface area contributed by atoms with E-state index in [0.717, 1.165) is 27.9 Å². The van der Waals surface area contributed by atoms with Gasteiger partial charge < -0.3 is 9.30 Å². The van der Waals surface area contributed by atoms with Crippen molar-refractivity contribution >= 4 is 35.0 Å². The summed E-state index contributed by atoms with van der Waals surface area (Å²) in [7, 11) is 2.06. The normalized spacial score (nSPS) is 12.5. The second-order valence-electron chi connectivity index (χ2n) is 7.45. The Kier molecular flexibility index (Phi) is 7.69. The van der Waals surface area contributed by atoms with Crippen LogP contribution in [0.3, 0.4) is 0 Å². The molecule has 1 atom stereocenters. The summed E-state index contributed by atoms with van der Waals surface area (Å²) in [6.07, 6.45) is 0.815. The summed E-state index contributed by atoms with van der Waals surface area (Å²) in [5.74, 6) is 1.33. The van der Waals surface area contributed by atoms with Crippen molar-refractivity contribution in [2.24, 2.45) is 7.05 Å². The first-order chi connectivity index (χ1) is 13.8. The highest BCUT2D eigenvalue weighted by Crippen LogP contribution is 2.36. The lowest BCUT2D eigenvalue weighted by atomic mass is 10.1. The van der Waals surface area contributed by atoms with Crippen molar-refractivity contribution in [3.63, 3.8) is 0 Å². The number of aromatic nitrogens is 2. The maximum atomic E-state index is 6.18. The topological polar surface area (TPSA) is 27.1 Å². The smallest absolute Gasteiger partial charge is 0.112 e. The quantitative estimate of drug-likeness (QED) is 0.365. The van der Waals surface area contributed by atoms with Crippen LogP contribution in [0, 0.1) is 0 Å².